The van der Waals surface area contributed by atoms with Gasteiger partial charge in [0.05, 0.1) is 0 Å². The van der Waals surface area contributed by atoms with E-state index >= 15 is 0 Å². The average Bonchev–Trinajstić information content (AvgIpc) is 1.62. The Balaban J connectivity index is 0.000000640. The molecule has 9 heavy (non-hydrogen) atoms. The van der Waals surface area contributed by atoms with Gasteiger partial charge in [-0.05, 0) is 25.7 Å². The normalized spacial score (nSPS) is 17.8. The predicted molar refractivity (Wildman–Crippen MR) is 43.9 cm³/mol. The summed E-state index contributed by atoms with van der Waals surface area (Å²) in [5.41, 5.74) is 0. The predicted octanol–water partition coefficient (Wildman–Crippen LogP) is 2.02. The summed E-state index contributed by atoms with van der Waals surface area (Å²) < 4.78 is 0. The molecule has 0 radical (unpaired) electrons. The third-order valence-corrected chi connectivity index (χ3v) is 1.37. The zero-order valence-corrected chi connectivity index (χ0v) is 5.14. The monoisotopic (exact) mass is 148 g/mol. The summed E-state index contributed by atoms with van der Waals surface area (Å²) in [6.07, 6.45) is 14.0. The van der Waals surface area contributed by atoms with Gasteiger partial charge < -0.3 is 0 Å². The first kappa shape index (κ1) is 10.1. The molecule has 1 aliphatic carbocycles. The molecule has 46 valence electrons. The Morgan fingerprint density at radius 2 is 1.22 bits per heavy atom. The summed E-state index contributed by atoms with van der Waals surface area (Å²) in [7, 11) is 0. The fraction of sp³-hybridized carbons (Fsp3) is 0.500. The zero-order valence-electron chi connectivity index (χ0n) is 5.14. The van der Waals surface area contributed by atoms with Crippen molar-refractivity contribution in [2.24, 2.45) is 0 Å². The van der Waals surface area contributed by atoms with Gasteiger partial charge in [0, 0.05) is 0 Å². The third-order valence-electron chi connectivity index (χ3n) is 1.37. The van der Waals surface area contributed by atoms with E-state index in [0.717, 1.165) is 0 Å². The van der Waals surface area contributed by atoms with Crippen molar-refractivity contribution in [2.75, 3.05) is 0 Å². The molecule has 0 N–H and O–H groups in total. The summed E-state index contributed by atoms with van der Waals surface area (Å²) in [6, 6.07) is 0. The van der Waals surface area contributed by atoms with E-state index in [2.05, 4.69) is 24.3 Å². The van der Waals surface area contributed by atoms with Gasteiger partial charge in [-0.2, -0.15) is 0 Å². The second-order valence-corrected chi connectivity index (χ2v) is 2.14. The van der Waals surface area contributed by atoms with Crippen LogP contribution in [0.15, 0.2) is 24.3 Å². The molecule has 0 aromatic heterocycles. The molecule has 0 heterocycles. The van der Waals surface area contributed by atoms with Gasteiger partial charge in [-0.25, -0.2) is 0 Å². The van der Waals surface area contributed by atoms with Crippen LogP contribution in [0.1, 0.15) is 25.7 Å². The van der Waals surface area contributed by atoms with E-state index < -0.39 is 0 Å². The van der Waals surface area contributed by atoms with E-state index in [4.69, 9.17) is 0 Å². The van der Waals surface area contributed by atoms with Crippen LogP contribution in [0, 0.1) is 0 Å². The van der Waals surface area contributed by atoms with E-state index in [1.807, 2.05) is 0 Å². The quantitative estimate of drug-likeness (QED) is 0.461. The number of hydrogen-bond acceptors (Lipinski definition) is 0. The minimum atomic E-state index is 0. The van der Waals surface area contributed by atoms with Crippen LogP contribution in [-0.2, 0) is 0 Å². The molecule has 0 aromatic rings. The van der Waals surface area contributed by atoms with Crippen LogP contribution >= 0.6 is 0 Å². The SMILES string of the molecule is C1=CCCCCC=C1.[KH]. The third kappa shape index (κ3) is 5.56. The Morgan fingerprint density at radius 1 is 0.778 bits per heavy atom. The van der Waals surface area contributed by atoms with Gasteiger partial charge in [0.15, 0.2) is 0 Å². The van der Waals surface area contributed by atoms with Crippen LogP contribution in [-0.4, -0.2) is 51.4 Å². The first-order valence-electron chi connectivity index (χ1n) is 3.32. The first-order valence-corrected chi connectivity index (χ1v) is 3.32. The molecular weight excluding hydrogens is 135 g/mol. The molecular formula is C8H13K. The van der Waals surface area contributed by atoms with Crippen LogP contribution in [0.2, 0.25) is 0 Å². The Hall–Kier alpha value is 1.12. The topological polar surface area (TPSA) is 0 Å². The maximum absolute atomic E-state index is 2.23. The second-order valence-electron chi connectivity index (χ2n) is 2.14. The van der Waals surface area contributed by atoms with Gasteiger partial charge in [0.1, 0.15) is 0 Å². The Morgan fingerprint density at radius 3 is 1.67 bits per heavy atom. The summed E-state index contributed by atoms with van der Waals surface area (Å²) in [4.78, 5) is 0. The van der Waals surface area contributed by atoms with Crippen molar-refractivity contribution >= 4 is 51.4 Å². The maximum atomic E-state index is 2.23. The Labute approximate surface area is 99.8 Å². The second kappa shape index (κ2) is 7.23. The molecule has 1 rings (SSSR count). The van der Waals surface area contributed by atoms with Crippen molar-refractivity contribution in [3.63, 3.8) is 0 Å². The molecule has 0 aliphatic heterocycles. The summed E-state index contributed by atoms with van der Waals surface area (Å²) in [6.45, 7) is 0. The molecule has 0 aromatic carbocycles. The van der Waals surface area contributed by atoms with Crippen molar-refractivity contribution in [3.05, 3.63) is 24.3 Å². The Kier molecular flexibility index (Phi) is 8.12. The van der Waals surface area contributed by atoms with Crippen molar-refractivity contribution in [1.29, 1.82) is 0 Å². The van der Waals surface area contributed by atoms with Gasteiger partial charge in [0.25, 0.3) is 0 Å². The van der Waals surface area contributed by atoms with Gasteiger partial charge in [-0.15, -0.1) is 0 Å². The van der Waals surface area contributed by atoms with Crippen LogP contribution < -0.4 is 0 Å². The average molecular weight is 148 g/mol. The summed E-state index contributed by atoms with van der Waals surface area (Å²) in [5, 5.41) is 0. The fourth-order valence-corrected chi connectivity index (χ4v) is 0.874. The van der Waals surface area contributed by atoms with Crippen molar-refractivity contribution in [3.8, 4) is 0 Å². The van der Waals surface area contributed by atoms with Gasteiger partial charge >= 0.3 is 51.4 Å². The molecule has 0 bridgehead atoms. The van der Waals surface area contributed by atoms with Crippen LogP contribution in [0.3, 0.4) is 0 Å². The molecule has 0 atom stereocenters. The van der Waals surface area contributed by atoms with E-state index in [0.29, 0.717) is 0 Å². The van der Waals surface area contributed by atoms with Gasteiger partial charge in [-0.1, -0.05) is 24.3 Å². The minimum absolute atomic E-state index is 0. The molecule has 1 heteroatoms. The van der Waals surface area contributed by atoms with Crippen molar-refractivity contribution < 1.29 is 0 Å². The first-order chi connectivity index (χ1) is 4.00. The zero-order chi connectivity index (χ0) is 5.66. The molecule has 0 nitrogen and oxygen atoms in total. The van der Waals surface area contributed by atoms with E-state index in [9.17, 15) is 0 Å². The van der Waals surface area contributed by atoms with Crippen LogP contribution in [0.4, 0.5) is 0 Å². The van der Waals surface area contributed by atoms with E-state index in [1.165, 1.54) is 25.7 Å². The number of allylic oxidation sites excluding steroid dienone is 4. The van der Waals surface area contributed by atoms with Gasteiger partial charge in [0.2, 0.25) is 0 Å². The summed E-state index contributed by atoms with van der Waals surface area (Å²) >= 11 is 0. The molecule has 0 saturated heterocycles. The molecule has 0 saturated carbocycles. The molecule has 0 amide bonds. The Bertz CT molecular complexity index is 89.1. The van der Waals surface area contributed by atoms with Crippen molar-refractivity contribution in [1.82, 2.24) is 0 Å². The summed E-state index contributed by atoms with van der Waals surface area (Å²) in [5.74, 6) is 0. The van der Waals surface area contributed by atoms with Crippen LogP contribution in [0.25, 0.3) is 0 Å². The standard InChI is InChI=1S/C8H12.K.H/c1-2-4-6-8-7-5-3-1;;/h1-4H,5-8H2;;. The van der Waals surface area contributed by atoms with E-state index in [-0.39, 0.29) is 51.4 Å². The van der Waals surface area contributed by atoms with Crippen molar-refractivity contribution in [2.45, 2.75) is 25.7 Å². The number of rotatable bonds is 0. The molecule has 0 unspecified atom stereocenters. The van der Waals surface area contributed by atoms with Gasteiger partial charge in [-0.3, -0.25) is 0 Å². The fourth-order valence-electron chi connectivity index (χ4n) is 0.874. The molecule has 1 aliphatic rings. The molecule has 0 fully saturated rings. The molecule has 0 spiro atoms. The number of hydrogen-bond donors (Lipinski definition) is 0. The van der Waals surface area contributed by atoms with Crippen LogP contribution in [0.5, 0.6) is 0 Å². The van der Waals surface area contributed by atoms with E-state index in [1.54, 1.807) is 0 Å².